The Morgan fingerprint density at radius 1 is 1.21 bits per heavy atom. The first-order chi connectivity index (χ1) is 13.2. The predicted molar refractivity (Wildman–Crippen MR) is 109 cm³/mol. The molecule has 1 atom stereocenters. The molecule has 2 amide bonds. The zero-order chi connectivity index (χ0) is 20.5. The summed E-state index contributed by atoms with van der Waals surface area (Å²) in [6.45, 7) is 7.98. The van der Waals surface area contributed by atoms with Gasteiger partial charge in [0.2, 0.25) is 5.91 Å². The van der Waals surface area contributed by atoms with Gasteiger partial charge in [0.1, 0.15) is 11.9 Å². The summed E-state index contributed by atoms with van der Waals surface area (Å²) in [5.74, 6) is 0.341. The largest absolute Gasteiger partial charge is 0.347 e. The molecule has 2 heterocycles. The topological polar surface area (TPSA) is 79.3 Å². The second-order valence-electron chi connectivity index (χ2n) is 8.43. The van der Waals surface area contributed by atoms with Gasteiger partial charge in [-0.05, 0) is 5.41 Å². The second-order valence-corrected chi connectivity index (χ2v) is 8.43. The van der Waals surface area contributed by atoms with Crippen LogP contribution in [0.4, 0.5) is 0 Å². The van der Waals surface area contributed by atoms with Crippen molar-refractivity contribution in [2.24, 2.45) is 5.41 Å². The first kappa shape index (κ1) is 20.1. The minimum absolute atomic E-state index is 0.129. The maximum atomic E-state index is 13.2. The van der Waals surface area contributed by atoms with Crippen LogP contribution in [0.5, 0.6) is 0 Å². The lowest BCUT2D eigenvalue weighted by Crippen LogP contribution is -2.53. The molecule has 1 aliphatic rings. The van der Waals surface area contributed by atoms with E-state index < -0.39 is 11.5 Å². The quantitative estimate of drug-likeness (QED) is 0.845. The van der Waals surface area contributed by atoms with Crippen LogP contribution in [-0.2, 0) is 17.9 Å². The number of carbonyl (C=O) groups is 2. The second kappa shape index (κ2) is 7.75. The summed E-state index contributed by atoms with van der Waals surface area (Å²) in [4.78, 5) is 32.0. The number of likely N-dealkylation sites (N-methyl/N-ethyl adjacent to an activating group) is 1. The van der Waals surface area contributed by atoms with Gasteiger partial charge in [-0.15, -0.1) is 0 Å². The van der Waals surface area contributed by atoms with E-state index in [0.717, 1.165) is 30.2 Å². The molecule has 0 bridgehead atoms. The van der Waals surface area contributed by atoms with Crippen LogP contribution in [0.2, 0.25) is 0 Å². The third kappa shape index (κ3) is 3.94. The van der Waals surface area contributed by atoms with Crippen LogP contribution < -0.4 is 10.6 Å². The van der Waals surface area contributed by atoms with Gasteiger partial charge in [-0.25, -0.2) is 4.98 Å². The zero-order valence-electron chi connectivity index (χ0n) is 17.2. The molecule has 0 saturated heterocycles. The van der Waals surface area contributed by atoms with Gasteiger partial charge in [-0.1, -0.05) is 51.1 Å². The van der Waals surface area contributed by atoms with Crippen LogP contribution in [0.3, 0.4) is 0 Å². The van der Waals surface area contributed by atoms with Crippen molar-refractivity contribution < 1.29 is 9.59 Å². The molecule has 0 spiro atoms. The zero-order valence-corrected chi connectivity index (χ0v) is 17.2. The van der Waals surface area contributed by atoms with Gasteiger partial charge in [-0.3, -0.25) is 9.59 Å². The highest BCUT2D eigenvalue weighted by atomic mass is 16.2. The van der Waals surface area contributed by atoms with E-state index in [-0.39, 0.29) is 11.8 Å². The average molecular weight is 383 g/mol. The van der Waals surface area contributed by atoms with Crippen molar-refractivity contribution in [2.75, 3.05) is 20.6 Å². The summed E-state index contributed by atoms with van der Waals surface area (Å²) >= 11 is 0. The molecule has 7 heteroatoms. The number of amides is 2. The number of nitrogens with zero attached hydrogens (tertiary/aromatic N) is 3. The maximum absolute atomic E-state index is 13.2. The number of hydrogen-bond acceptors (Lipinski definition) is 4. The summed E-state index contributed by atoms with van der Waals surface area (Å²) in [5, 5.41) is 6.25. The first-order valence-corrected chi connectivity index (χ1v) is 9.57. The van der Waals surface area contributed by atoms with Gasteiger partial charge in [0.15, 0.2) is 5.69 Å². The van der Waals surface area contributed by atoms with E-state index in [0.29, 0.717) is 12.2 Å². The summed E-state index contributed by atoms with van der Waals surface area (Å²) in [6.07, 6.45) is 0. The number of rotatable bonds is 4. The Kier molecular flexibility index (Phi) is 5.56. The highest BCUT2D eigenvalue weighted by Crippen LogP contribution is 2.26. The minimum atomic E-state index is -0.635. The monoisotopic (exact) mass is 383 g/mol. The van der Waals surface area contributed by atoms with Crippen molar-refractivity contribution in [2.45, 2.75) is 39.9 Å². The number of fused-ring (bicyclic) bond motifs is 1. The number of benzene rings is 1. The fraction of sp³-hybridized carbons (Fsp3) is 0.476. The summed E-state index contributed by atoms with van der Waals surface area (Å²) < 4.78 is 2.10. The van der Waals surface area contributed by atoms with Gasteiger partial charge in [0.25, 0.3) is 5.91 Å². The van der Waals surface area contributed by atoms with Crippen LogP contribution in [-0.4, -0.2) is 52.9 Å². The van der Waals surface area contributed by atoms with Crippen molar-refractivity contribution in [3.63, 3.8) is 0 Å². The van der Waals surface area contributed by atoms with Crippen LogP contribution in [0.15, 0.2) is 30.3 Å². The lowest BCUT2D eigenvalue weighted by atomic mass is 9.85. The molecular weight excluding hydrogens is 354 g/mol. The Hall–Kier alpha value is -2.67. The highest BCUT2D eigenvalue weighted by molar-refractivity contribution is 5.97. The summed E-state index contributed by atoms with van der Waals surface area (Å²) in [5.41, 5.74) is 1.79. The van der Waals surface area contributed by atoms with Crippen LogP contribution in [0.1, 0.15) is 37.0 Å². The first-order valence-electron chi connectivity index (χ1n) is 9.57. The summed E-state index contributed by atoms with van der Waals surface area (Å²) in [7, 11) is 3.40. The number of aromatic nitrogens is 2. The van der Waals surface area contributed by atoms with Crippen molar-refractivity contribution in [3.8, 4) is 11.4 Å². The molecule has 1 unspecified atom stereocenters. The molecule has 0 saturated carbocycles. The van der Waals surface area contributed by atoms with Gasteiger partial charge in [-0.2, -0.15) is 0 Å². The van der Waals surface area contributed by atoms with Crippen molar-refractivity contribution in [1.82, 2.24) is 25.1 Å². The van der Waals surface area contributed by atoms with E-state index in [4.69, 9.17) is 0 Å². The number of hydrogen-bond donors (Lipinski definition) is 2. The van der Waals surface area contributed by atoms with Crippen molar-refractivity contribution in [3.05, 3.63) is 41.7 Å². The minimum Gasteiger partial charge on any atom is -0.347 e. The SMILES string of the molecule is CN(C)C(=O)C(NC(=O)c1nc(-c2ccccc2)n2c1CNCC2)C(C)(C)C. The molecule has 1 aromatic heterocycles. The van der Waals surface area contributed by atoms with Crippen LogP contribution in [0, 0.1) is 5.41 Å². The number of carbonyl (C=O) groups excluding carboxylic acids is 2. The van der Waals surface area contributed by atoms with E-state index in [1.165, 1.54) is 4.90 Å². The fourth-order valence-corrected chi connectivity index (χ4v) is 3.40. The van der Waals surface area contributed by atoms with Gasteiger partial charge < -0.3 is 20.1 Å². The van der Waals surface area contributed by atoms with Crippen LogP contribution in [0.25, 0.3) is 11.4 Å². The number of imidazole rings is 1. The molecule has 150 valence electrons. The van der Waals surface area contributed by atoms with E-state index in [1.807, 2.05) is 51.1 Å². The Bertz CT molecular complexity index is 865. The van der Waals surface area contributed by atoms with Crippen molar-refractivity contribution >= 4 is 11.8 Å². The standard InChI is InChI=1S/C21H29N5O2/c1-21(2,3)17(20(28)25(4)5)24-19(27)16-15-13-22-11-12-26(15)18(23-16)14-9-7-6-8-10-14/h6-10,17,22H,11-13H2,1-5H3,(H,24,27). The predicted octanol–water partition coefficient (Wildman–Crippen LogP) is 1.89. The molecule has 28 heavy (non-hydrogen) atoms. The molecule has 0 aliphatic carbocycles. The van der Waals surface area contributed by atoms with Gasteiger partial charge in [0.05, 0.1) is 5.69 Å². The molecule has 7 nitrogen and oxygen atoms in total. The smallest absolute Gasteiger partial charge is 0.272 e. The van der Waals surface area contributed by atoms with E-state index in [1.54, 1.807) is 14.1 Å². The molecule has 0 fully saturated rings. The molecule has 1 aliphatic heterocycles. The normalized spacial score (nSPS) is 14.9. The lowest BCUT2D eigenvalue weighted by Gasteiger charge is -2.32. The van der Waals surface area contributed by atoms with E-state index >= 15 is 0 Å². The third-order valence-electron chi connectivity index (χ3n) is 4.95. The molecule has 3 rings (SSSR count). The summed E-state index contributed by atoms with van der Waals surface area (Å²) in [6, 6.07) is 9.23. The third-order valence-corrected chi connectivity index (χ3v) is 4.95. The Morgan fingerprint density at radius 3 is 2.50 bits per heavy atom. The Labute approximate surface area is 166 Å². The van der Waals surface area contributed by atoms with E-state index in [2.05, 4.69) is 20.2 Å². The number of nitrogens with one attached hydrogen (secondary N) is 2. The molecular formula is C21H29N5O2. The highest BCUT2D eigenvalue weighted by Gasteiger charge is 2.35. The average Bonchev–Trinajstić information content (AvgIpc) is 3.05. The maximum Gasteiger partial charge on any atom is 0.272 e. The van der Waals surface area contributed by atoms with Crippen molar-refractivity contribution in [1.29, 1.82) is 0 Å². The van der Waals surface area contributed by atoms with Gasteiger partial charge >= 0.3 is 0 Å². The van der Waals surface area contributed by atoms with Gasteiger partial charge in [0, 0.05) is 39.3 Å². The lowest BCUT2D eigenvalue weighted by molar-refractivity contribution is -0.133. The molecule has 2 N–H and O–H groups in total. The molecule has 0 radical (unpaired) electrons. The Morgan fingerprint density at radius 2 is 1.89 bits per heavy atom. The Balaban J connectivity index is 1.98. The molecule has 1 aromatic carbocycles. The van der Waals surface area contributed by atoms with E-state index in [9.17, 15) is 9.59 Å². The molecule has 2 aromatic rings. The fourth-order valence-electron chi connectivity index (χ4n) is 3.40. The van der Waals surface area contributed by atoms with Crippen LogP contribution >= 0.6 is 0 Å².